The first-order chi connectivity index (χ1) is 11.2. The van der Waals surface area contributed by atoms with E-state index in [0.29, 0.717) is 11.7 Å². The topological polar surface area (TPSA) is 63.3 Å². The lowest BCUT2D eigenvalue weighted by Crippen LogP contribution is -2.25. The van der Waals surface area contributed by atoms with E-state index in [1.807, 2.05) is 20.0 Å². The molecule has 1 fully saturated rings. The first-order valence-corrected chi connectivity index (χ1v) is 9.16. The van der Waals surface area contributed by atoms with Crippen LogP contribution in [-0.4, -0.2) is 24.4 Å². The largest absolute Gasteiger partial charge is 0.383 e. The van der Waals surface area contributed by atoms with Crippen LogP contribution in [0.2, 0.25) is 0 Å². The standard InChI is InChI=1S/C17H28N4.C2H6/c1-4-12-6-8-13(9-7-12)14-10-15(16(18)21-11-14)17(19-3)20-5-2;1-2/h10-13H,4-9H2,1-3H3,(H2,18,21)(H,19,20);1-2H3. The van der Waals surface area contributed by atoms with Gasteiger partial charge in [0.2, 0.25) is 0 Å². The average molecular weight is 319 g/mol. The zero-order valence-electron chi connectivity index (χ0n) is 15.5. The molecule has 1 aliphatic rings. The Hall–Kier alpha value is -1.58. The molecule has 0 aliphatic heterocycles. The van der Waals surface area contributed by atoms with Gasteiger partial charge in [-0.3, -0.25) is 4.99 Å². The highest BCUT2D eigenvalue weighted by Gasteiger charge is 2.22. The van der Waals surface area contributed by atoms with Crippen LogP contribution in [-0.2, 0) is 0 Å². The molecule has 4 heteroatoms. The summed E-state index contributed by atoms with van der Waals surface area (Å²) in [6.45, 7) is 9.19. The maximum Gasteiger partial charge on any atom is 0.134 e. The zero-order chi connectivity index (χ0) is 17.2. The van der Waals surface area contributed by atoms with Crippen LogP contribution in [0.15, 0.2) is 17.3 Å². The van der Waals surface area contributed by atoms with Gasteiger partial charge in [-0.05, 0) is 56.1 Å². The molecule has 0 atom stereocenters. The van der Waals surface area contributed by atoms with Gasteiger partial charge in [-0.1, -0.05) is 27.2 Å². The molecule has 0 saturated heterocycles. The number of nitrogens with one attached hydrogen (secondary N) is 1. The predicted octanol–water partition coefficient (Wildman–Crippen LogP) is 4.36. The number of hydrogen-bond acceptors (Lipinski definition) is 3. The van der Waals surface area contributed by atoms with E-state index in [2.05, 4.69) is 35.2 Å². The zero-order valence-corrected chi connectivity index (χ0v) is 15.5. The van der Waals surface area contributed by atoms with Crippen LogP contribution in [0, 0.1) is 5.92 Å². The summed E-state index contributed by atoms with van der Waals surface area (Å²) in [6, 6.07) is 2.18. The third-order valence-corrected chi connectivity index (χ3v) is 4.66. The number of nitrogen functional groups attached to an aromatic ring is 1. The highest BCUT2D eigenvalue weighted by Crippen LogP contribution is 2.37. The highest BCUT2D eigenvalue weighted by molar-refractivity contribution is 6.02. The number of hydrogen-bond donors (Lipinski definition) is 2. The quantitative estimate of drug-likeness (QED) is 0.640. The predicted molar refractivity (Wildman–Crippen MR) is 101 cm³/mol. The smallest absolute Gasteiger partial charge is 0.134 e. The second kappa shape index (κ2) is 10.2. The molecule has 0 amide bonds. The Kier molecular flexibility index (Phi) is 8.67. The summed E-state index contributed by atoms with van der Waals surface area (Å²) in [7, 11) is 1.79. The van der Waals surface area contributed by atoms with Gasteiger partial charge in [0.25, 0.3) is 0 Å². The SMILES string of the molecule is CC.CCNC(=NC)c1cc(C2CCC(CC)CC2)cnc1N. The van der Waals surface area contributed by atoms with E-state index >= 15 is 0 Å². The third-order valence-electron chi connectivity index (χ3n) is 4.66. The minimum atomic E-state index is 0.558. The molecule has 1 heterocycles. The average Bonchev–Trinajstić information content (AvgIpc) is 2.62. The summed E-state index contributed by atoms with van der Waals surface area (Å²) in [6.07, 6.45) is 8.47. The van der Waals surface area contributed by atoms with E-state index in [0.717, 1.165) is 23.9 Å². The molecule has 2 rings (SSSR count). The molecule has 1 saturated carbocycles. The summed E-state index contributed by atoms with van der Waals surface area (Å²) < 4.78 is 0. The molecule has 1 aliphatic carbocycles. The number of nitrogens with zero attached hydrogens (tertiary/aromatic N) is 2. The minimum absolute atomic E-state index is 0.558. The van der Waals surface area contributed by atoms with Crippen molar-refractivity contribution >= 4 is 11.7 Å². The van der Waals surface area contributed by atoms with Gasteiger partial charge in [-0.2, -0.15) is 0 Å². The molecule has 0 aromatic carbocycles. The first-order valence-electron chi connectivity index (χ1n) is 9.16. The number of amidine groups is 1. The second-order valence-corrected chi connectivity index (χ2v) is 5.93. The van der Waals surface area contributed by atoms with Gasteiger partial charge in [0.1, 0.15) is 11.7 Å². The fraction of sp³-hybridized carbons (Fsp3) is 0.684. The number of aliphatic imine (C=N–C) groups is 1. The molecular weight excluding hydrogens is 284 g/mol. The molecule has 1 aromatic rings. The molecule has 23 heavy (non-hydrogen) atoms. The van der Waals surface area contributed by atoms with Crippen molar-refractivity contribution < 1.29 is 0 Å². The van der Waals surface area contributed by atoms with E-state index in [1.54, 1.807) is 7.05 Å². The molecule has 0 spiro atoms. The van der Waals surface area contributed by atoms with Crippen LogP contribution in [0.5, 0.6) is 0 Å². The van der Waals surface area contributed by atoms with Crippen LogP contribution in [0.25, 0.3) is 0 Å². The Morgan fingerprint density at radius 1 is 1.26 bits per heavy atom. The summed E-state index contributed by atoms with van der Waals surface area (Å²) >= 11 is 0. The molecular formula is C19H34N4. The number of rotatable bonds is 4. The number of anilines is 1. The molecule has 130 valence electrons. The maximum absolute atomic E-state index is 6.04. The van der Waals surface area contributed by atoms with Gasteiger partial charge in [0, 0.05) is 19.8 Å². The second-order valence-electron chi connectivity index (χ2n) is 5.93. The fourth-order valence-electron chi connectivity index (χ4n) is 3.27. The van der Waals surface area contributed by atoms with E-state index in [-0.39, 0.29) is 0 Å². The van der Waals surface area contributed by atoms with Crippen LogP contribution in [0.1, 0.15) is 76.8 Å². The van der Waals surface area contributed by atoms with E-state index < -0.39 is 0 Å². The Balaban J connectivity index is 0.00000127. The Bertz CT molecular complexity index is 488. The third kappa shape index (κ3) is 5.22. The van der Waals surface area contributed by atoms with Gasteiger partial charge >= 0.3 is 0 Å². The molecule has 0 unspecified atom stereocenters. The van der Waals surface area contributed by atoms with Crippen LogP contribution < -0.4 is 11.1 Å². The lowest BCUT2D eigenvalue weighted by Gasteiger charge is -2.28. The van der Waals surface area contributed by atoms with Crippen molar-refractivity contribution in [2.24, 2.45) is 10.9 Å². The van der Waals surface area contributed by atoms with Crippen molar-refractivity contribution in [1.82, 2.24) is 10.3 Å². The number of pyridine rings is 1. The summed E-state index contributed by atoms with van der Waals surface area (Å²) in [5, 5.41) is 3.27. The summed E-state index contributed by atoms with van der Waals surface area (Å²) in [4.78, 5) is 8.71. The number of aromatic nitrogens is 1. The van der Waals surface area contributed by atoms with E-state index in [4.69, 9.17) is 5.73 Å². The molecule has 0 bridgehead atoms. The Morgan fingerprint density at radius 2 is 1.91 bits per heavy atom. The van der Waals surface area contributed by atoms with Crippen molar-refractivity contribution in [3.63, 3.8) is 0 Å². The van der Waals surface area contributed by atoms with Crippen molar-refractivity contribution in [2.75, 3.05) is 19.3 Å². The molecule has 3 N–H and O–H groups in total. The van der Waals surface area contributed by atoms with Gasteiger partial charge in [0.15, 0.2) is 0 Å². The summed E-state index contributed by atoms with van der Waals surface area (Å²) in [5.74, 6) is 2.94. The fourth-order valence-corrected chi connectivity index (χ4v) is 3.27. The van der Waals surface area contributed by atoms with Gasteiger partial charge in [-0.15, -0.1) is 0 Å². The lowest BCUT2D eigenvalue weighted by molar-refractivity contribution is 0.318. The lowest BCUT2D eigenvalue weighted by atomic mass is 9.78. The van der Waals surface area contributed by atoms with Crippen molar-refractivity contribution in [3.8, 4) is 0 Å². The van der Waals surface area contributed by atoms with Gasteiger partial charge in [-0.25, -0.2) is 4.98 Å². The molecule has 4 nitrogen and oxygen atoms in total. The molecule has 0 radical (unpaired) electrons. The summed E-state index contributed by atoms with van der Waals surface area (Å²) in [5.41, 5.74) is 8.29. The van der Waals surface area contributed by atoms with Crippen molar-refractivity contribution in [1.29, 1.82) is 0 Å². The highest BCUT2D eigenvalue weighted by atomic mass is 15.0. The van der Waals surface area contributed by atoms with Crippen LogP contribution >= 0.6 is 0 Å². The van der Waals surface area contributed by atoms with E-state index in [1.165, 1.54) is 37.7 Å². The molecule has 1 aromatic heterocycles. The van der Waals surface area contributed by atoms with Crippen LogP contribution in [0.4, 0.5) is 5.82 Å². The minimum Gasteiger partial charge on any atom is -0.383 e. The van der Waals surface area contributed by atoms with Crippen LogP contribution in [0.3, 0.4) is 0 Å². The Morgan fingerprint density at radius 3 is 2.43 bits per heavy atom. The van der Waals surface area contributed by atoms with Gasteiger partial charge in [0.05, 0.1) is 5.56 Å². The first kappa shape index (κ1) is 19.5. The monoisotopic (exact) mass is 318 g/mol. The van der Waals surface area contributed by atoms with Gasteiger partial charge < -0.3 is 11.1 Å². The maximum atomic E-state index is 6.04. The van der Waals surface area contributed by atoms with E-state index in [9.17, 15) is 0 Å². The van der Waals surface area contributed by atoms with Crippen molar-refractivity contribution in [2.45, 2.75) is 65.7 Å². The Labute approximate surface area is 142 Å². The number of nitrogens with two attached hydrogens (primary N) is 1. The normalized spacial score (nSPS) is 21.3. The van der Waals surface area contributed by atoms with Crippen molar-refractivity contribution in [3.05, 3.63) is 23.4 Å².